The number of ketones is 1. The predicted molar refractivity (Wildman–Crippen MR) is 80.8 cm³/mol. The van der Waals surface area contributed by atoms with Gasteiger partial charge in [-0.1, -0.05) is 0 Å². The van der Waals surface area contributed by atoms with Crippen LogP contribution in [0.25, 0.3) is 0 Å². The number of Topliss-reactive ketones (excluding diaryl/α,β-unsaturated/α-hetero) is 1. The van der Waals surface area contributed by atoms with Crippen molar-refractivity contribution in [2.24, 2.45) is 0 Å². The fourth-order valence-electron chi connectivity index (χ4n) is 2.80. The molecule has 1 aromatic carbocycles. The summed E-state index contributed by atoms with van der Waals surface area (Å²) in [6.45, 7) is 6.16. The number of carbonyl (C=O) groups is 1. The molecule has 2 rings (SSSR count). The van der Waals surface area contributed by atoms with E-state index in [1.54, 1.807) is 20.1 Å². The van der Waals surface area contributed by atoms with Crippen LogP contribution in [0.5, 0.6) is 5.75 Å². The lowest BCUT2D eigenvalue weighted by molar-refractivity contribution is -0.106. The standard InChI is InChI=1S/C17H24O4/c1-11-7-16(8-12(2)21-11)20-10-15-9-14(13(3)18)5-6-17(15)19-4/h5-6,9,11-12,16H,7-8,10H2,1-4H3. The van der Waals surface area contributed by atoms with Crippen molar-refractivity contribution in [1.82, 2.24) is 0 Å². The second kappa shape index (κ2) is 7.05. The second-order valence-electron chi connectivity index (χ2n) is 5.74. The molecule has 0 bridgehead atoms. The molecule has 1 heterocycles. The van der Waals surface area contributed by atoms with Crippen molar-refractivity contribution >= 4 is 5.78 Å². The van der Waals surface area contributed by atoms with Crippen LogP contribution in [-0.4, -0.2) is 31.2 Å². The van der Waals surface area contributed by atoms with Gasteiger partial charge in [0.25, 0.3) is 0 Å². The minimum absolute atomic E-state index is 0.0483. The van der Waals surface area contributed by atoms with Gasteiger partial charge in [0.05, 0.1) is 32.0 Å². The van der Waals surface area contributed by atoms with E-state index in [9.17, 15) is 4.79 Å². The first-order valence-corrected chi connectivity index (χ1v) is 7.44. The number of methoxy groups -OCH3 is 1. The number of ether oxygens (including phenoxy) is 3. The lowest BCUT2D eigenvalue weighted by atomic mass is 10.0. The van der Waals surface area contributed by atoms with Crippen LogP contribution in [0.4, 0.5) is 0 Å². The Morgan fingerprint density at radius 2 is 1.95 bits per heavy atom. The monoisotopic (exact) mass is 292 g/mol. The van der Waals surface area contributed by atoms with Crippen LogP contribution in [0, 0.1) is 0 Å². The summed E-state index contributed by atoms with van der Waals surface area (Å²) in [7, 11) is 1.63. The Balaban J connectivity index is 2.04. The van der Waals surface area contributed by atoms with Crippen molar-refractivity contribution in [3.8, 4) is 5.75 Å². The van der Waals surface area contributed by atoms with Crippen molar-refractivity contribution in [3.05, 3.63) is 29.3 Å². The fourth-order valence-corrected chi connectivity index (χ4v) is 2.80. The van der Waals surface area contributed by atoms with E-state index < -0.39 is 0 Å². The number of hydrogen-bond donors (Lipinski definition) is 0. The normalized spacial score (nSPS) is 25.6. The Morgan fingerprint density at radius 1 is 1.29 bits per heavy atom. The van der Waals surface area contributed by atoms with Gasteiger partial charge in [-0.3, -0.25) is 4.79 Å². The molecule has 1 fully saturated rings. The van der Waals surface area contributed by atoms with Gasteiger partial charge in [0.2, 0.25) is 0 Å². The molecule has 0 aliphatic carbocycles. The summed E-state index contributed by atoms with van der Waals surface area (Å²) in [6, 6.07) is 5.46. The maximum Gasteiger partial charge on any atom is 0.159 e. The maximum atomic E-state index is 11.5. The molecule has 21 heavy (non-hydrogen) atoms. The van der Waals surface area contributed by atoms with E-state index in [2.05, 4.69) is 13.8 Å². The zero-order chi connectivity index (χ0) is 15.4. The topological polar surface area (TPSA) is 44.8 Å². The Bertz CT molecular complexity index is 488. The molecule has 0 aromatic heterocycles. The molecule has 116 valence electrons. The number of hydrogen-bond acceptors (Lipinski definition) is 4. The summed E-state index contributed by atoms with van der Waals surface area (Å²) in [4.78, 5) is 11.5. The molecule has 0 saturated carbocycles. The zero-order valence-electron chi connectivity index (χ0n) is 13.2. The van der Waals surface area contributed by atoms with Gasteiger partial charge in [0, 0.05) is 11.1 Å². The first-order valence-electron chi connectivity index (χ1n) is 7.44. The third kappa shape index (κ3) is 4.29. The van der Waals surface area contributed by atoms with Crippen molar-refractivity contribution in [1.29, 1.82) is 0 Å². The first kappa shape index (κ1) is 16.0. The minimum Gasteiger partial charge on any atom is -0.496 e. The molecule has 2 atom stereocenters. The highest BCUT2D eigenvalue weighted by molar-refractivity contribution is 5.94. The van der Waals surface area contributed by atoms with Gasteiger partial charge in [-0.25, -0.2) is 0 Å². The lowest BCUT2D eigenvalue weighted by Crippen LogP contribution is -2.34. The fraction of sp³-hybridized carbons (Fsp3) is 0.588. The average Bonchev–Trinajstić information content (AvgIpc) is 2.43. The molecule has 4 nitrogen and oxygen atoms in total. The van der Waals surface area contributed by atoms with Crippen molar-refractivity contribution in [2.45, 2.75) is 58.5 Å². The smallest absolute Gasteiger partial charge is 0.159 e. The van der Waals surface area contributed by atoms with Gasteiger partial charge in [-0.2, -0.15) is 0 Å². The van der Waals surface area contributed by atoms with E-state index in [4.69, 9.17) is 14.2 Å². The zero-order valence-corrected chi connectivity index (χ0v) is 13.2. The summed E-state index contributed by atoms with van der Waals surface area (Å²) >= 11 is 0. The van der Waals surface area contributed by atoms with E-state index >= 15 is 0 Å². The summed E-state index contributed by atoms with van der Waals surface area (Å²) < 4.78 is 17.1. The SMILES string of the molecule is COc1ccc(C(C)=O)cc1COC1CC(C)OC(C)C1. The second-order valence-corrected chi connectivity index (χ2v) is 5.74. The molecule has 0 spiro atoms. The van der Waals surface area contributed by atoms with Gasteiger partial charge in [0.15, 0.2) is 5.78 Å². The Hall–Kier alpha value is -1.39. The van der Waals surface area contributed by atoms with Crippen LogP contribution >= 0.6 is 0 Å². The highest BCUT2D eigenvalue weighted by atomic mass is 16.5. The van der Waals surface area contributed by atoms with E-state index in [1.165, 1.54) is 0 Å². The third-order valence-corrected chi connectivity index (χ3v) is 3.82. The third-order valence-electron chi connectivity index (χ3n) is 3.82. The van der Waals surface area contributed by atoms with Crippen LogP contribution in [0.3, 0.4) is 0 Å². The van der Waals surface area contributed by atoms with E-state index in [1.807, 2.05) is 12.1 Å². The number of benzene rings is 1. The number of rotatable bonds is 5. The molecular formula is C17H24O4. The van der Waals surface area contributed by atoms with Crippen molar-refractivity contribution < 1.29 is 19.0 Å². The predicted octanol–water partition coefficient (Wildman–Crippen LogP) is 3.37. The van der Waals surface area contributed by atoms with Gasteiger partial charge < -0.3 is 14.2 Å². The summed E-state index contributed by atoms with van der Waals surface area (Å²) in [5, 5.41) is 0. The van der Waals surface area contributed by atoms with Crippen molar-refractivity contribution in [2.75, 3.05) is 7.11 Å². The summed E-state index contributed by atoms with van der Waals surface area (Å²) in [5.74, 6) is 0.806. The maximum absolute atomic E-state index is 11.5. The van der Waals surface area contributed by atoms with Gasteiger partial charge in [-0.15, -0.1) is 0 Å². The minimum atomic E-state index is 0.0483. The molecule has 4 heteroatoms. The molecule has 1 aliphatic rings. The Kier molecular flexibility index (Phi) is 5.37. The number of carbonyl (C=O) groups excluding carboxylic acids is 1. The van der Waals surface area contributed by atoms with E-state index in [0.29, 0.717) is 12.2 Å². The molecular weight excluding hydrogens is 268 g/mol. The highest BCUT2D eigenvalue weighted by Gasteiger charge is 2.25. The van der Waals surface area contributed by atoms with Crippen LogP contribution in [-0.2, 0) is 16.1 Å². The molecule has 0 radical (unpaired) electrons. The first-order chi connectivity index (χ1) is 9.99. The highest BCUT2D eigenvalue weighted by Crippen LogP contribution is 2.26. The lowest BCUT2D eigenvalue weighted by Gasteiger charge is -2.32. The molecule has 0 N–H and O–H groups in total. The quantitative estimate of drug-likeness (QED) is 0.781. The van der Waals surface area contributed by atoms with Crippen LogP contribution in [0.15, 0.2) is 18.2 Å². The van der Waals surface area contributed by atoms with Gasteiger partial charge in [-0.05, 0) is 51.8 Å². The molecule has 1 saturated heterocycles. The molecule has 2 unspecified atom stereocenters. The molecule has 1 aromatic rings. The van der Waals surface area contributed by atoms with Gasteiger partial charge in [0.1, 0.15) is 5.75 Å². The van der Waals surface area contributed by atoms with Crippen LogP contribution in [0.1, 0.15) is 49.5 Å². The molecule has 0 amide bonds. The summed E-state index contributed by atoms with van der Waals surface area (Å²) in [5.41, 5.74) is 1.60. The molecule has 1 aliphatic heterocycles. The van der Waals surface area contributed by atoms with Crippen LogP contribution < -0.4 is 4.74 Å². The summed E-state index contributed by atoms with van der Waals surface area (Å²) in [6.07, 6.45) is 2.45. The largest absolute Gasteiger partial charge is 0.496 e. The van der Waals surface area contributed by atoms with Crippen molar-refractivity contribution in [3.63, 3.8) is 0 Å². The van der Waals surface area contributed by atoms with E-state index in [0.717, 1.165) is 24.2 Å². The van der Waals surface area contributed by atoms with Gasteiger partial charge >= 0.3 is 0 Å². The van der Waals surface area contributed by atoms with E-state index in [-0.39, 0.29) is 24.1 Å². The van der Waals surface area contributed by atoms with Crippen LogP contribution in [0.2, 0.25) is 0 Å². The Labute approximate surface area is 126 Å². The Morgan fingerprint density at radius 3 is 2.52 bits per heavy atom. The average molecular weight is 292 g/mol.